The predicted molar refractivity (Wildman–Crippen MR) is 93.6 cm³/mol. The van der Waals surface area contributed by atoms with Crippen LogP contribution in [0.15, 0.2) is 50.9 Å². The molecule has 22 heavy (non-hydrogen) atoms. The molecular formula is C15H15N3OS3. The van der Waals surface area contributed by atoms with E-state index in [1.54, 1.807) is 34.9 Å². The zero-order valence-electron chi connectivity index (χ0n) is 11.9. The number of thioether (sulfide) groups is 2. The minimum absolute atomic E-state index is 0.643. The fourth-order valence-corrected chi connectivity index (χ4v) is 4.42. The number of hydrogen-bond donors (Lipinski definition) is 0. The van der Waals surface area contributed by atoms with Gasteiger partial charge < -0.3 is 4.42 Å². The summed E-state index contributed by atoms with van der Waals surface area (Å²) in [7, 11) is 0. The second-order valence-electron chi connectivity index (χ2n) is 4.48. The van der Waals surface area contributed by atoms with Crippen LogP contribution in [0.2, 0.25) is 0 Å². The van der Waals surface area contributed by atoms with E-state index >= 15 is 0 Å². The zero-order chi connectivity index (χ0) is 15.2. The van der Waals surface area contributed by atoms with Gasteiger partial charge in [0.25, 0.3) is 5.22 Å². The Morgan fingerprint density at radius 1 is 1.23 bits per heavy atom. The monoisotopic (exact) mass is 349 g/mol. The molecule has 0 unspecified atom stereocenters. The molecule has 0 N–H and O–H groups in total. The highest BCUT2D eigenvalue weighted by atomic mass is 32.2. The lowest BCUT2D eigenvalue weighted by Crippen LogP contribution is -1.79. The molecule has 114 valence electrons. The van der Waals surface area contributed by atoms with E-state index in [1.807, 2.05) is 24.3 Å². The summed E-state index contributed by atoms with van der Waals surface area (Å²) in [6, 6.07) is 8.15. The quantitative estimate of drug-likeness (QED) is 0.323. The lowest BCUT2D eigenvalue weighted by molar-refractivity contribution is 0.426. The van der Waals surface area contributed by atoms with E-state index in [4.69, 9.17) is 4.42 Å². The summed E-state index contributed by atoms with van der Waals surface area (Å²) >= 11 is 4.92. The molecular weight excluding hydrogens is 334 g/mol. The average molecular weight is 350 g/mol. The summed E-state index contributed by atoms with van der Waals surface area (Å²) < 4.78 is 7.86. The highest BCUT2D eigenvalue weighted by Gasteiger charge is 2.09. The Morgan fingerprint density at radius 2 is 2.14 bits per heavy atom. The third-order valence-corrected chi connectivity index (χ3v) is 5.89. The van der Waals surface area contributed by atoms with Gasteiger partial charge in [-0.3, -0.25) is 0 Å². The SMILES string of the molecule is C=CCCCSc1nnc(CSc2nc3ccccc3s2)o1. The highest BCUT2D eigenvalue weighted by molar-refractivity contribution is 8.00. The molecule has 2 heterocycles. The highest BCUT2D eigenvalue weighted by Crippen LogP contribution is 2.31. The first-order valence-electron chi connectivity index (χ1n) is 6.89. The minimum atomic E-state index is 0.643. The summed E-state index contributed by atoms with van der Waals surface area (Å²) in [4.78, 5) is 4.58. The van der Waals surface area contributed by atoms with Crippen molar-refractivity contribution in [3.63, 3.8) is 0 Å². The van der Waals surface area contributed by atoms with E-state index in [9.17, 15) is 0 Å². The number of nitrogens with zero attached hydrogens (tertiary/aromatic N) is 3. The number of para-hydroxylation sites is 1. The molecule has 7 heteroatoms. The van der Waals surface area contributed by atoms with Gasteiger partial charge in [-0.25, -0.2) is 4.98 Å². The van der Waals surface area contributed by atoms with Crippen molar-refractivity contribution in [1.29, 1.82) is 0 Å². The number of hydrogen-bond acceptors (Lipinski definition) is 7. The van der Waals surface area contributed by atoms with Crippen molar-refractivity contribution in [1.82, 2.24) is 15.2 Å². The van der Waals surface area contributed by atoms with Crippen LogP contribution >= 0.6 is 34.9 Å². The Kier molecular flexibility index (Phi) is 5.53. The third kappa shape index (κ3) is 4.12. The van der Waals surface area contributed by atoms with Crippen molar-refractivity contribution >= 4 is 45.1 Å². The van der Waals surface area contributed by atoms with Crippen molar-refractivity contribution in [3.8, 4) is 0 Å². The van der Waals surface area contributed by atoms with Gasteiger partial charge in [-0.2, -0.15) is 0 Å². The molecule has 2 aromatic heterocycles. The van der Waals surface area contributed by atoms with Crippen LogP contribution in [-0.4, -0.2) is 20.9 Å². The largest absolute Gasteiger partial charge is 0.415 e. The Morgan fingerprint density at radius 3 is 3.00 bits per heavy atom. The molecule has 0 saturated heterocycles. The van der Waals surface area contributed by atoms with Crippen LogP contribution in [0.25, 0.3) is 10.2 Å². The molecule has 0 aliphatic rings. The van der Waals surface area contributed by atoms with E-state index in [2.05, 4.69) is 27.8 Å². The number of thiazole rings is 1. The van der Waals surface area contributed by atoms with E-state index in [0.29, 0.717) is 16.9 Å². The summed E-state index contributed by atoms with van der Waals surface area (Å²) in [6.07, 6.45) is 4.02. The molecule has 1 aromatic carbocycles. The Labute approximate surface area is 141 Å². The fourth-order valence-electron chi connectivity index (χ4n) is 1.78. The summed E-state index contributed by atoms with van der Waals surface area (Å²) in [5.74, 6) is 2.27. The summed E-state index contributed by atoms with van der Waals surface area (Å²) in [5.41, 5.74) is 1.04. The third-order valence-electron chi connectivity index (χ3n) is 2.82. The van der Waals surface area contributed by atoms with Gasteiger partial charge in [0.2, 0.25) is 5.89 Å². The number of benzene rings is 1. The molecule has 0 aliphatic carbocycles. The van der Waals surface area contributed by atoms with Crippen LogP contribution in [0.4, 0.5) is 0 Å². The van der Waals surface area contributed by atoms with Crippen LogP contribution in [0, 0.1) is 0 Å². The number of aromatic nitrogens is 3. The van der Waals surface area contributed by atoms with Crippen molar-refractivity contribution in [2.24, 2.45) is 0 Å². The standard InChI is InChI=1S/C15H15N3OS3/c1-2-3-6-9-20-14-18-17-13(19-14)10-21-15-16-11-7-4-5-8-12(11)22-15/h2,4-5,7-8H,1,3,6,9-10H2. The van der Waals surface area contributed by atoms with Gasteiger partial charge in [0.05, 0.1) is 16.0 Å². The number of rotatable bonds is 8. The minimum Gasteiger partial charge on any atom is -0.415 e. The van der Waals surface area contributed by atoms with Crippen molar-refractivity contribution in [2.75, 3.05) is 5.75 Å². The predicted octanol–water partition coefficient (Wildman–Crippen LogP) is 5.03. The van der Waals surface area contributed by atoms with Gasteiger partial charge >= 0.3 is 0 Å². The summed E-state index contributed by atoms with van der Waals surface area (Å²) in [5, 5.41) is 8.78. The maximum absolute atomic E-state index is 5.63. The van der Waals surface area contributed by atoms with Crippen LogP contribution in [0.3, 0.4) is 0 Å². The molecule has 0 fully saturated rings. The lowest BCUT2D eigenvalue weighted by Gasteiger charge is -1.93. The van der Waals surface area contributed by atoms with Crippen molar-refractivity contribution in [2.45, 2.75) is 28.2 Å². The number of fused-ring (bicyclic) bond motifs is 1. The topological polar surface area (TPSA) is 51.8 Å². The van der Waals surface area contributed by atoms with Gasteiger partial charge in [0.15, 0.2) is 4.34 Å². The molecule has 0 spiro atoms. The number of allylic oxidation sites excluding steroid dienone is 1. The van der Waals surface area contributed by atoms with Crippen LogP contribution in [0.5, 0.6) is 0 Å². The van der Waals surface area contributed by atoms with Crippen LogP contribution < -0.4 is 0 Å². The van der Waals surface area contributed by atoms with Crippen molar-refractivity contribution < 1.29 is 4.42 Å². The number of unbranched alkanes of at least 4 members (excludes halogenated alkanes) is 1. The summed E-state index contributed by atoms with van der Waals surface area (Å²) in [6.45, 7) is 3.71. The molecule has 0 radical (unpaired) electrons. The Bertz CT molecular complexity index is 720. The fraction of sp³-hybridized carbons (Fsp3) is 0.267. The molecule has 0 aliphatic heterocycles. The molecule has 0 amide bonds. The zero-order valence-corrected chi connectivity index (χ0v) is 14.3. The van der Waals surface area contributed by atoms with E-state index in [1.165, 1.54) is 4.70 Å². The first kappa shape index (κ1) is 15.6. The van der Waals surface area contributed by atoms with Gasteiger partial charge in [-0.1, -0.05) is 41.7 Å². The normalized spacial score (nSPS) is 11.1. The molecule has 4 nitrogen and oxygen atoms in total. The molecule has 0 saturated carbocycles. The van der Waals surface area contributed by atoms with E-state index in [0.717, 1.165) is 28.5 Å². The maximum Gasteiger partial charge on any atom is 0.276 e. The van der Waals surface area contributed by atoms with E-state index < -0.39 is 0 Å². The molecule has 3 aromatic rings. The Balaban J connectivity index is 1.53. The Hall–Kier alpha value is -1.31. The van der Waals surface area contributed by atoms with Crippen molar-refractivity contribution in [3.05, 3.63) is 42.8 Å². The van der Waals surface area contributed by atoms with Crippen LogP contribution in [0.1, 0.15) is 18.7 Å². The first-order valence-corrected chi connectivity index (χ1v) is 9.68. The van der Waals surface area contributed by atoms with Crippen LogP contribution in [-0.2, 0) is 5.75 Å². The maximum atomic E-state index is 5.63. The van der Waals surface area contributed by atoms with Gasteiger partial charge in [0, 0.05) is 5.75 Å². The van der Waals surface area contributed by atoms with Gasteiger partial charge in [-0.05, 0) is 25.0 Å². The van der Waals surface area contributed by atoms with E-state index in [-0.39, 0.29) is 0 Å². The molecule has 3 rings (SSSR count). The average Bonchev–Trinajstić information content (AvgIpc) is 3.15. The smallest absolute Gasteiger partial charge is 0.276 e. The second-order valence-corrected chi connectivity index (χ2v) is 7.78. The lowest BCUT2D eigenvalue weighted by atomic mass is 10.3. The van der Waals surface area contributed by atoms with Gasteiger partial charge in [0.1, 0.15) is 0 Å². The van der Waals surface area contributed by atoms with Gasteiger partial charge in [-0.15, -0.1) is 28.1 Å². The molecule has 0 atom stereocenters. The molecule has 0 bridgehead atoms. The second kappa shape index (κ2) is 7.80. The first-order chi connectivity index (χ1) is 10.8.